The molecule has 11 aromatic rings. The molecule has 2 aromatic heterocycles. The summed E-state index contributed by atoms with van der Waals surface area (Å²) >= 11 is 1.86. The second kappa shape index (κ2) is 12.8. The van der Waals surface area contributed by atoms with Crippen molar-refractivity contribution in [1.29, 1.82) is 0 Å². The molecule has 55 heavy (non-hydrogen) atoms. The molecule has 0 aliphatic rings. The molecule has 0 aliphatic heterocycles. The average molecular weight is 718 g/mol. The van der Waals surface area contributed by atoms with Gasteiger partial charge in [-0.25, -0.2) is 15.0 Å². The van der Waals surface area contributed by atoms with Crippen LogP contribution < -0.4 is 0 Å². The van der Waals surface area contributed by atoms with Crippen LogP contribution in [0.15, 0.2) is 188 Å². The number of rotatable bonds is 5. The van der Waals surface area contributed by atoms with Gasteiger partial charge in [0.25, 0.3) is 0 Å². The molecule has 0 aliphatic carbocycles. The Kier molecular flexibility index (Phi) is 7.35. The van der Waals surface area contributed by atoms with Crippen LogP contribution in [0.1, 0.15) is 0 Å². The first-order valence-corrected chi connectivity index (χ1v) is 19.3. The first-order valence-electron chi connectivity index (χ1n) is 18.5. The normalized spacial score (nSPS) is 11.6. The van der Waals surface area contributed by atoms with E-state index < -0.39 is 0 Å². The summed E-state index contributed by atoms with van der Waals surface area (Å²) in [5, 5.41) is 9.92. The highest BCUT2D eigenvalue weighted by atomic mass is 32.1. The topological polar surface area (TPSA) is 38.7 Å². The highest BCUT2D eigenvalue weighted by molar-refractivity contribution is 7.25. The van der Waals surface area contributed by atoms with Crippen molar-refractivity contribution in [1.82, 2.24) is 15.0 Å². The molecule has 0 spiro atoms. The maximum atomic E-state index is 5.14. The van der Waals surface area contributed by atoms with Crippen LogP contribution in [-0.4, -0.2) is 15.0 Å². The van der Waals surface area contributed by atoms with Crippen LogP contribution in [0.4, 0.5) is 0 Å². The highest BCUT2D eigenvalue weighted by Crippen LogP contribution is 2.43. The number of hydrogen-bond donors (Lipinski definition) is 0. The van der Waals surface area contributed by atoms with Crippen LogP contribution in [0.2, 0.25) is 0 Å². The zero-order chi connectivity index (χ0) is 36.3. The fraction of sp³-hybridized carbons (Fsp3) is 0. The van der Waals surface area contributed by atoms with Gasteiger partial charge in [-0.2, -0.15) is 0 Å². The van der Waals surface area contributed by atoms with Crippen LogP contribution in [0, 0.1) is 0 Å². The third kappa shape index (κ3) is 5.38. The minimum Gasteiger partial charge on any atom is -0.208 e. The SMILES string of the molecule is c1ccc(-c2ccc(-c3nc(-c4ccccc4)nc(-c4ccc5c(c4)c4ccccc4c4cccc(-c6ccc7sc8ccccc8c7c6)c45)n3)cc2)cc1. The summed E-state index contributed by atoms with van der Waals surface area (Å²) < 4.78 is 2.63. The van der Waals surface area contributed by atoms with Crippen molar-refractivity contribution in [3.63, 3.8) is 0 Å². The Morgan fingerprint density at radius 1 is 0.273 bits per heavy atom. The minimum atomic E-state index is 0.644. The summed E-state index contributed by atoms with van der Waals surface area (Å²) in [5.74, 6) is 1.94. The molecular formula is C51H31N3S. The molecule has 0 atom stereocenters. The number of benzene rings is 9. The van der Waals surface area contributed by atoms with Gasteiger partial charge < -0.3 is 0 Å². The van der Waals surface area contributed by atoms with Crippen molar-refractivity contribution >= 4 is 63.8 Å². The van der Waals surface area contributed by atoms with E-state index in [4.69, 9.17) is 15.0 Å². The maximum absolute atomic E-state index is 5.14. The third-order valence-corrected chi connectivity index (χ3v) is 11.9. The first-order chi connectivity index (χ1) is 27.2. The van der Waals surface area contributed by atoms with E-state index in [-0.39, 0.29) is 0 Å². The largest absolute Gasteiger partial charge is 0.208 e. The van der Waals surface area contributed by atoms with Crippen LogP contribution >= 0.6 is 11.3 Å². The Hall–Kier alpha value is -7.01. The smallest absolute Gasteiger partial charge is 0.164 e. The van der Waals surface area contributed by atoms with Crippen molar-refractivity contribution in [2.75, 3.05) is 0 Å². The lowest BCUT2D eigenvalue weighted by molar-refractivity contribution is 1.07. The van der Waals surface area contributed by atoms with E-state index in [1.165, 1.54) is 69.2 Å². The maximum Gasteiger partial charge on any atom is 0.164 e. The zero-order valence-electron chi connectivity index (χ0n) is 29.6. The van der Waals surface area contributed by atoms with Crippen molar-refractivity contribution < 1.29 is 0 Å². The number of thiophene rings is 1. The second-order valence-electron chi connectivity index (χ2n) is 14.0. The van der Waals surface area contributed by atoms with Gasteiger partial charge in [0.05, 0.1) is 0 Å². The van der Waals surface area contributed by atoms with Gasteiger partial charge in [0.2, 0.25) is 0 Å². The van der Waals surface area contributed by atoms with E-state index in [9.17, 15) is 0 Å². The molecule has 0 amide bonds. The van der Waals surface area contributed by atoms with Gasteiger partial charge in [-0.1, -0.05) is 164 Å². The predicted molar refractivity (Wildman–Crippen MR) is 232 cm³/mol. The Morgan fingerprint density at radius 3 is 1.49 bits per heavy atom. The van der Waals surface area contributed by atoms with Crippen LogP contribution in [0.3, 0.4) is 0 Å². The van der Waals surface area contributed by atoms with Crippen molar-refractivity contribution in [2.24, 2.45) is 0 Å². The molecule has 11 rings (SSSR count). The molecule has 0 saturated carbocycles. The summed E-state index contributed by atoms with van der Waals surface area (Å²) in [6, 6.07) is 67.0. The van der Waals surface area contributed by atoms with Crippen LogP contribution in [-0.2, 0) is 0 Å². The summed E-state index contributed by atoms with van der Waals surface area (Å²) in [5.41, 5.74) is 7.61. The number of nitrogens with zero attached hydrogens (tertiary/aromatic N) is 3. The van der Waals surface area contributed by atoms with Gasteiger partial charge in [-0.3, -0.25) is 0 Å². The van der Waals surface area contributed by atoms with Crippen LogP contribution in [0.25, 0.3) is 109 Å². The molecule has 9 aromatic carbocycles. The minimum absolute atomic E-state index is 0.644. The fourth-order valence-electron chi connectivity index (χ4n) is 8.07. The Morgan fingerprint density at radius 2 is 0.745 bits per heavy atom. The van der Waals surface area contributed by atoms with Gasteiger partial charge in [-0.05, 0) is 78.8 Å². The lowest BCUT2D eigenvalue weighted by atomic mass is 9.88. The lowest BCUT2D eigenvalue weighted by Crippen LogP contribution is -2.00. The predicted octanol–water partition coefficient (Wildman–Crippen LogP) is 14.0. The molecule has 0 saturated heterocycles. The molecule has 0 fully saturated rings. The average Bonchev–Trinajstić information content (AvgIpc) is 3.65. The van der Waals surface area contributed by atoms with Crippen molar-refractivity contribution in [2.45, 2.75) is 0 Å². The molecule has 0 unspecified atom stereocenters. The molecular weight excluding hydrogens is 687 g/mol. The van der Waals surface area contributed by atoms with E-state index in [2.05, 4.69) is 164 Å². The second-order valence-corrected chi connectivity index (χ2v) is 15.0. The lowest BCUT2D eigenvalue weighted by Gasteiger charge is -2.16. The fourth-order valence-corrected chi connectivity index (χ4v) is 9.16. The Balaban J connectivity index is 1.11. The van der Waals surface area contributed by atoms with Crippen molar-refractivity contribution in [3.05, 3.63) is 188 Å². The summed E-state index contributed by atoms with van der Waals surface area (Å²) in [6.45, 7) is 0. The molecule has 0 radical (unpaired) electrons. The molecule has 256 valence electrons. The molecule has 2 heterocycles. The van der Waals surface area contributed by atoms with Gasteiger partial charge >= 0.3 is 0 Å². The third-order valence-electron chi connectivity index (χ3n) is 10.7. The van der Waals surface area contributed by atoms with Crippen molar-refractivity contribution in [3.8, 4) is 56.4 Å². The van der Waals surface area contributed by atoms with E-state index in [1.54, 1.807) is 0 Å². The van der Waals surface area contributed by atoms with Gasteiger partial charge in [-0.15, -0.1) is 11.3 Å². The molecule has 0 N–H and O–H groups in total. The number of hydrogen-bond acceptors (Lipinski definition) is 4. The summed E-state index contributed by atoms with van der Waals surface area (Å²) in [6.07, 6.45) is 0. The summed E-state index contributed by atoms with van der Waals surface area (Å²) in [7, 11) is 0. The Labute approximate surface area is 321 Å². The first kappa shape index (κ1) is 31.5. The van der Waals surface area contributed by atoms with Gasteiger partial charge in [0, 0.05) is 36.9 Å². The van der Waals surface area contributed by atoms with E-state index in [0.29, 0.717) is 17.5 Å². The van der Waals surface area contributed by atoms with Crippen LogP contribution in [0.5, 0.6) is 0 Å². The van der Waals surface area contributed by atoms with E-state index in [0.717, 1.165) is 22.3 Å². The molecule has 4 heteroatoms. The molecule has 3 nitrogen and oxygen atoms in total. The number of aromatic nitrogens is 3. The standard InChI is InChI=1S/C51H31N3S/c1-3-12-32(13-4-1)33-22-24-35(25-23-33)50-52-49(34-14-5-2-6-15-34)53-51(54-50)37-26-28-43-44(31-37)40-17-8-7-16-39(40)42-20-11-19-38(48(42)43)36-27-29-47-45(30-36)41-18-9-10-21-46(41)55-47/h1-31H. The zero-order valence-corrected chi connectivity index (χ0v) is 30.5. The quantitative estimate of drug-likeness (QED) is 0.166. The number of fused-ring (bicyclic) bond motifs is 9. The van der Waals surface area contributed by atoms with E-state index >= 15 is 0 Å². The summed E-state index contributed by atoms with van der Waals surface area (Å²) in [4.78, 5) is 15.3. The highest BCUT2D eigenvalue weighted by Gasteiger charge is 2.17. The molecule has 0 bridgehead atoms. The van der Waals surface area contributed by atoms with E-state index in [1.807, 2.05) is 35.6 Å². The van der Waals surface area contributed by atoms with Gasteiger partial charge in [0.15, 0.2) is 17.5 Å². The van der Waals surface area contributed by atoms with Gasteiger partial charge in [0.1, 0.15) is 0 Å². The Bertz CT molecular complexity index is 3240. The monoisotopic (exact) mass is 717 g/mol.